The summed E-state index contributed by atoms with van der Waals surface area (Å²) < 4.78 is 10.8. The van der Waals surface area contributed by atoms with Crippen molar-refractivity contribution in [1.82, 2.24) is 19.8 Å². The highest BCUT2D eigenvalue weighted by Crippen LogP contribution is 2.33. The average Bonchev–Trinajstić information content (AvgIpc) is 3.26. The number of thioether (sulfide) groups is 1. The molecule has 1 saturated heterocycles. The number of benzene rings is 1. The maximum Gasteiger partial charge on any atom is 0.233 e. The number of fused-ring (bicyclic) bond motifs is 1. The molecule has 3 heterocycles. The molecule has 0 unspecified atom stereocenters. The van der Waals surface area contributed by atoms with Crippen molar-refractivity contribution in [1.29, 1.82) is 0 Å². The van der Waals surface area contributed by atoms with Crippen molar-refractivity contribution >= 4 is 35.1 Å². The number of halogens is 1. The number of piperazine rings is 1. The Morgan fingerprint density at radius 2 is 1.84 bits per heavy atom. The van der Waals surface area contributed by atoms with Crippen LogP contribution in [0.15, 0.2) is 29.4 Å². The van der Waals surface area contributed by atoms with E-state index in [0.29, 0.717) is 29.2 Å². The van der Waals surface area contributed by atoms with E-state index in [1.807, 2.05) is 17.0 Å². The fourth-order valence-electron chi connectivity index (χ4n) is 3.83. The van der Waals surface area contributed by atoms with E-state index in [9.17, 15) is 4.79 Å². The number of nitrogens with zero attached hydrogens (tertiary/aromatic N) is 5. The molecule has 0 atom stereocenters. The summed E-state index contributed by atoms with van der Waals surface area (Å²) in [6.07, 6.45) is 0. The van der Waals surface area contributed by atoms with Gasteiger partial charge in [-0.2, -0.15) is 0 Å². The Labute approximate surface area is 197 Å². The molecule has 10 heteroatoms. The van der Waals surface area contributed by atoms with Crippen LogP contribution in [0, 0.1) is 0 Å². The van der Waals surface area contributed by atoms with E-state index in [-0.39, 0.29) is 12.7 Å². The summed E-state index contributed by atoms with van der Waals surface area (Å²) in [4.78, 5) is 28.0. The summed E-state index contributed by atoms with van der Waals surface area (Å²) in [5.74, 6) is 2.81. The summed E-state index contributed by atoms with van der Waals surface area (Å²) in [5.41, 5.74) is 1.19. The molecule has 0 bridgehead atoms. The molecule has 1 aromatic heterocycles. The SMILES string of the molecule is CCN(CC)c1cc(Cl)nc(SCC(=O)N2CCN(Cc3ccc4c(c3)OCO4)CC2)n1. The lowest BCUT2D eigenvalue weighted by Crippen LogP contribution is -2.48. The summed E-state index contributed by atoms with van der Waals surface area (Å²) in [6.45, 7) is 10.0. The van der Waals surface area contributed by atoms with Crippen LogP contribution in [0.25, 0.3) is 0 Å². The third-order valence-electron chi connectivity index (χ3n) is 5.64. The van der Waals surface area contributed by atoms with Gasteiger partial charge in [-0.1, -0.05) is 29.4 Å². The number of anilines is 1. The van der Waals surface area contributed by atoms with Crippen LogP contribution in [0.1, 0.15) is 19.4 Å². The smallest absolute Gasteiger partial charge is 0.233 e. The number of aromatic nitrogens is 2. The normalized spacial score (nSPS) is 15.8. The zero-order chi connectivity index (χ0) is 22.5. The first-order chi connectivity index (χ1) is 15.6. The Hall–Kier alpha value is -2.23. The molecule has 0 aliphatic carbocycles. The molecule has 2 aromatic rings. The molecule has 32 heavy (non-hydrogen) atoms. The summed E-state index contributed by atoms with van der Waals surface area (Å²) in [7, 11) is 0. The van der Waals surface area contributed by atoms with Gasteiger partial charge in [0.25, 0.3) is 0 Å². The van der Waals surface area contributed by atoms with Crippen LogP contribution in [0.4, 0.5) is 5.82 Å². The van der Waals surface area contributed by atoms with Gasteiger partial charge in [0.05, 0.1) is 5.75 Å². The van der Waals surface area contributed by atoms with Gasteiger partial charge in [-0.15, -0.1) is 0 Å². The van der Waals surface area contributed by atoms with Crippen molar-refractivity contribution in [3.8, 4) is 11.5 Å². The van der Waals surface area contributed by atoms with E-state index in [1.165, 1.54) is 17.3 Å². The van der Waals surface area contributed by atoms with Crippen LogP contribution in [0.5, 0.6) is 11.5 Å². The average molecular weight is 478 g/mol. The molecule has 8 nitrogen and oxygen atoms in total. The highest BCUT2D eigenvalue weighted by molar-refractivity contribution is 7.99. The van der Waals surface area contributed by atoms with Crippen molar-refractivity contribution in [3.05, 3.63) is 35.0 Å². The van der Waals surface area contributed by atoms with Crippen molar-refractivity contribution in [3.63, 3.8) is 0 Å². The zero-order valence-electron chi connectivity index (χ0n) is 18.4. The van der Waals surface area contributed by atoms with Gasteiger partial charge in [-0.25, -0.2) is 9.97 Å². The monoisotopic (exact) mass is 477 g/mol. The Kier molecular flexibility index (Phi) is 7.59. The van der Waals surface area contributed by atoms with Crippen LogP contribution >= 0.6 is 23.4 Å². The molecule has 0 N–H and O–H groups in total. The molecule has 0 saturated carbocycles. The van der Waals surface area contributed by atoms with Gasteiger partial charge in [-0.3, -0.25) is 9.69 Å². The Bertz CT molecular complexity index is 951. The molecule has 0 radical (unpaired) electrons. The number of rotatable bonds is 8. The Morgan fingerprint density at radius 1 is 1.09 bits per heavy atom. The van der Waals surface area contributed by atoms with Crippen LogP contribution in [-0.4, -0.2) is 77.5 Å². The molecule has 1 amide bonds. The molecule has 2 aliphatic rings. The largest absolute Gasteiger partial charge is 0.454 e. The van der Waals surface area contributed by atoms with Crippen molar-refractivity contribution < 1.29 is 14.3 Å². The molecule has 0 spiro atoms. The summed E-state index contributed by atoms with van der Waals surface area (Å²) >= 11 is 7.52. The first-order valence-corrected chi connectivity index (χ1v) is 12.2. The van der Waals surface area contributed by atoms with Crippen LogP contribution in [0.3, 0.4) is 0 Å². The van der Waals surface area contributed by atoms with Crippen molar-refractivity contribution in [2.75, 3.05) is 56.7 Å². The zero-order valence-corrected chi connectivity index (χ0v) is 20.0. The van der Waals surface area contributed by atoms with Gasteiger partial charge in [0.1, 0.15) is 11.0 Å². The number of hydrogen-bond donors (Lipinski definition) is 0. The second-order valence-corrected chi connectivity index (χ2v) is 8.97. The van der Waals surface area contributed by atoms with E-state index < -0.39 is 0 Å². The summed E-state index contributed by atoms with van der Waals surface area (Å²) in [6, 6.07) is 7.82. The van der Waals surface area contributed by atoms with E-state index >= 15 is 0 Å². The van der Waals surface area contributed by atoms with Crippen molar-refractivity contribution in [2.45, 2.75) is 25.5 Å². The number of carbonyl (C=O) groups is 1. The maximum absolute atomic E-state index is 12.7. The Morgan fingerprint density at radius 3 is 2.59 bits per heavy atom. The van der Waals surface area contributed by atoms with Crippen LogP contribution < -0.4 is 14.4 Å². The minimum absolute atomic E-state index is 0.102. The third kappa shape index (κ3) is 5.57. The maximum atomic E-state index is 12.7. The van der Waals surface area contributed by atoms with E-state index in [1.54, 1.807) is 6.07 Å². The lowest BCUT2D eigenvalue weighted by atomic mass is 10.1. The van der Waals surface area contributed by atoms with Crippen LogP contribution in [0.2, 0.25) is 5.15 Å². The number of amides is 1. The van der Waals surface area contributed by atoms with Gasteiger partial charge in [0.15, 0.2) is 16.7 Å². The van der Waals surface area contributed by atoms with Gasteiger partial charge < -0.3 is 19.3 Å². The lowest BCUT2D eigenvalue weighted by molar-refractivity contribution is -0.130. The lowest BCUT2D eigenvalue weighted by Gasteiger charge is -2.34. The topological polar surface area (TPSA) is 71.0 Å². The van der Waals surface area contributed by atoms with E-state index in [4.69, 9.17) is 21.1 Å². The summed E-state index contributed by atoms with van der Waals surface area (Å²) in [5, 5.41) is 0.933. The molecule has 1 fully saturated rings. The van der Waals surface area contributed by atoms with E-state index in [2.05, 4.69) is 39.7 Å². The van der Waals surface area contributed by atoms with Gasteiger partial charge in [0.2, 0.25) is 12.7 Å². The van der Waals surface area contributed by atoms with Crippen molar-refractivity contribution in [2.24, 2.45) is 0 Å². The predicted molar refractivity (Wildman–Crippen MR) is 126 cm³/mol. The van der Waals surface area contributed by atoms with E-state index in [0.717, 1.165) is 50.0 Å². The minimum Gasteiger partial charge on any atom is -0.454 e. The molecule has 4 rings (SSSR count). The third-order valence-corrected chi connectivity index (χ3v) is 6.67. The molecule has 2 aliphatic heterocycles. The fourth-order valence-corrected chi connectivity index (χ4v) is 4.81. The second kappa shape index (κ2) is 10.6. The molecule has 1 aromatic carbocycles. The minimum atomic E-state index is 0.102. The van der Waals surface area contributed by atoms with Crippen LogP contribution in [-0.2, 0) is 11.3 Å². The molecular formula is C22H28ClN5O3S. The Balaban J connectivity index is 1.26. The standard InChI is InChI=1S/C22H28ClN5O3S/c1-3-27(4-2)20-12-19(23)24-22(25-20)32-14-21(29)28-9-7-26(8-10-28)13-16-5-6-17-18(11-16)31-15-30-17/h5-6,11-12H,3-4,7-10,13-15H2,1-2H3. The first kappa shape index (κ1) is 22.9. The fraction of sp³-hybridized carbons (Fsp3) is 0.500. The van der Waals surface area contributed by atoms with Gasteiger partial charge in [0, 0.05) is 51.9 Å². The highest BCUT2D eigenvalue weighted by atomic mass is 35.5. The molecule has 172 valence electrons. The van der Waals surface area contributed by atoms with Gasteiger partial charge in [-0.05, 0) is 31.5 Å². The molecular weight excluding hydrogens is 450 g/mol. The number of ether oxygens (including phenoxy) is 2. The number of carbonyl (C=O) groups excluding carboxylic acids is 1. The first-order valence-electron chi connectivity index (χ1n) is 10.9. The predicted octanol–water partition coefficient (Wildman–Crippen LogP) is 3.14. The quantitative estimate of drug-likeness (QED) is 0.326. The number of hydrogen-bond acceptors (Lipinski definition) is 8. The van der Waals surface area contributed by atoms with Gasteiger partial charge >= 0.3 is 0 Å². The second-order valence-electron chi connectivity index (χ2n) is 7.64. The highest BCUT2D eigenvalue weighted by Gasteiger charge is 2.22.